The van der Waals surface area contributed by atoms with Crippen LogP contribution in [0.4, 0.5) is 0 Å². The van der Waals surface area contributed by atoms with E-state index in [1.807, 2.05) is 42.5 Å². The Morgan fingerprint density at radius 1 is 0.867 bits per heavy atom. The molecule has 0 radical (unpaired) electrons. The Balaban J connectivity index is 2.48. The molecular formula is C23H20Cl2O5. The lowest BCUT2D eigenvalue weighted by Crippen LogP contribution is -2.07. The van der Waals surface area contributed by atoms with E-state index in [9.17, 15) is 9.90 Å². The summed E-state index contributed by atoms with van der Waals surface area (Å²) in [6.07, 6.45) is 0.601. The number of carbonyl (C=O) groups is 1. The van der Waals surface area contributed by atoms with Gasteiger partial charge >= 0.3 is 5.97 Å². The minimum absolute atomic E-state index is 0.176. The van der Waals surface area contributed by atoms with Gasteiger partial charge in [-0.2, -0.15) is 0 Å². The summed E-state index contributed by atoms with van der Waals surface area (Å²) in [7, 11) is 4.41. The largest absolute Gasteiger partial charge is 0.492 e. The predicted octanol–water partition coefficient (Wildman–Crippen LogP) is 5.69. The van der Waals surface area contributed by atoms with Crippen LogP contribution >= 0.6 is 23.2 Å². The van der Waals surface area contributed by atoms with Gasteiger partial charge in [0.25, 0.3) is 0 Å². The predicted molar refractivity (Wildman–Crippen MR) is 119 cm³/mol. The fourth-order valence-corrected chi connectivity index (χ4v) is 3.95. The van der Waals surface area contributed by atoms with Crippen molar-refractivity contribution in [1.82, 2.24) is 0 Å². The molecule has 1 N–H and O–H groups in total. The monoisotopic (exact) mass is 446 g/mol. The third kappa shape index (κ3) is 3.91. The first-order chi connectivity index (χ1) is 14.4. The molecule has 3 aromatic carbocycles. The van der Waals surface area contributed by atoms with Gasteiger partial charge in [-0.3, -0.25) is 0 Å². The number of hydrogen-bond acceptors (Lipinski definition) is 4. The summed E-state index contributed by atoms with van der Waals surface area (Å²) in [6, 6.07) is 15.5. The molecule has 0 atom stereocenters. The zero-order chi connectivity index (χ0) is 21.8. The minimum Gasteiger partial charge on any atom is -0.492 e. The average molecular weight is 447 g/mol. The van der Waals surface area contributed by atoms with Crippen molar-refractivity contribution in [1.29, 1.82) is 0 Å². The number of halogens is 2. The normalized spacial score (nSPS) is 10.6. The van der Waals surface area contributed by atoms with Gasteiger partial charge in [0.05, 0.1) is 21.3 Å². The van der Waals surface area contributed by atoms with E-state index in [-0.39, 0.29) is 27.1 Å². The first-order valence-corrected chi connectivity index (χ1v) is 9.76. The van der Waals surface area contributed by atoms with E-state index in [1.165, 1.54) is 21.3 Å². The second-order valence-electron chi connectivity index (χ2n) is 6.42. The lowest BCUT2D eigenvalue weighted by Gasteiger charge is -2.21. The first kappa shape index (κ1) is 21.8. The van der Waals surface area contributed by atoms with Crippen molar-refractivity contribution in [3.63, 3.8) is 0 Å². The Kier molecular flexibility index (Phi) is 6.75. The van der Waals surface area contributed by atoms with Crippen LogP contribution in [0.15, 0.2) is 53.0 Å². The number of fused-ring (bicyclic) bond motifs is 1. The van der Waals surface area contributed by atoms with E-state index in [1.54, 1.807) is 6.07 Å². The highest BCUT2D eigenvalue weighted by atomic mass is 35.5. The van der Waals surface area contributed by atoms with Gasteiger partial charge in [-0.1, -0.05) is 71.7 Å². The van der Waals surface area contributed by atoms with Crippen LogP contribution in [0.25, 0.3) is 16.3 Å². The molecule has 7 heteroatoms. The molecule has 0 aliphatic rings. The minimum atomic E-state index is -1.28. The highest BCUT2D eigenvalue weighted by molar-refractivity contribution is 6.61. The molecule has 0 aliphatic heterocycles. The van der Waals surface area contributed by atoms with Crippen LogP contribution in [-0.2, 0) is 11.2 Å². The number of hydrogen-bond donors (Lipinski definition) is 1. The van der Waals surface area contributed by atoms with E-state index >= 15 is 0 Å². The number of methoxy groups -OCH3 is 3. The number of carboxylic acids is 1. The molecule has 0 unspecified atom stereocenters. The average Bonchev–Trinajstić information content (AvgIpc) is 2.73. The number of rotatable bonds is 7. The maximum atomic E-state index is 12.0. The highest BCUT2D eigenvalue weighted by Gasteiger charge is 2.29. The van der Waals surface area contributed by atoms with Crippen molar-refractivity contribution < 1.29 is 24.1 Å². The van der Waals surface area contributed by atoms with E-state index < -0.39 is 5.97 Å². The van der Waals surface area contributed by atoms with E-state index in [0.717, 1.165) is 11.1 Å². The topological polar surface area (TPSA) is 65.0 Å². The van der Waals surface area contributed by atoms with Crippen molar-refractivity contribution in [2.75, 3.05) is 21.3 Å². The fourth-order valence-electron chi connectivity index (χ4n) is 3.60. The molecule has 0 bridgehead atoms. The standard InChI is InChI=1S/C23H20Cl2O5/c1-28-19-16-14(12-13-8-5-4-6-9-13)10-7-11-15(16)17(18(22(24)25)23(26)27)20(29-2)21(19)30-3/h4-11H,12H2,1-3H3,(H,26,27). The number of benzene rings is 3. The van der Waals surface area contributed by atoms with E-state index in [4.69, 9.17) is 37.4 Å². The Bertz CT molecular complexity index is 1120. The smallest absolute Gasteiger partial charge is 0.338 e. The second-order valence-corrected chi connectivity index (χ2v) is 7.37. The maximum Gasteiger partial charge on any atom is 0.338 e. The molecule has 156 valence electrons. The lowest BCUT2D eigenvalue weighted by molar-refractivity contribution is -0.130. The Morgan fingerprint density at radius 3 is 2.03 bits per heavy atom. The summed E-state index contributed by atoms with van der Waals surface area (Å²) in [5.74, 6) is -0.406. The van der Waals surface area contributed by atoms with Gasteiger partial charge in [0, 0.05) is 10.9 Å². The van der Waals surface area contributed by atoms with Crippen LogP contribution in [0.2, 0.25) is 0 Å². The van der Waals surface area contributed by atoms with E-state index in [2.05, 4.69) is 0 Å². The van der Waals surface area contributed by atoms with Crippen molar-refractivity contribution in [2.24, 2.45) is 0 Å². The molecule has 3 rings (SSSR count). The molecule has 5 nitrogen and oxygen atoms in total. The molecule has 0 fully saturated rings. The maximum absolute atomic E-state index is 12.0. The van der Waals surface area contributed by atoms with Gasteiger partial charge in [0.1, 0.15) is 10.1 Å². The molecule has 0 saturated heterocycles. The second kappa shape index (κ2) is 9.28. The van der Waals surface area contributed by atoms with Crippen molar-refractivity contribution in [2.45, 2.75) is 6.42 Å². The van der Waals surface area contributed by atoms with Crippen molar-refractivity contribution >= 4 is 45.5 Å². The van der Waals surface area contributed by atoms with Gasteiger partial charge < -0.3 is 19.3 Å². The van der Waals surface area contributed by atoms with Crippen LogP contribution in [0.5, 0.6) is 17.2 Å². The fraction of sp³-hybridized carbons (Fsp3) is 0.174. The highest BCUT2D eigenvalue weighted by Crippen LogP contribution is 2.51. The molecule has 0 aliphatic carbocycles. The number of carboxylic acid groups (broad SMARTS) is 1. The molecule has 0 saturated carbocycles. The Morgan fingerprint density at radius 2 is 1.50 bits per heavy atom. The molecule has 0 amide bonds. The van der Waals surface area contributed by atoms with Crippen LogP contribution in [-0.4, -0.2) is 32.4 Å². The molecule has 3 aromatic rings. The SMILES string of the molecule is COc1c(OC)c(OC)c2c(Cc3ccccc3)cccc2c1C(C(=O)O)=C(Cl)Cl. The Hall–Kier alpha value is -2.89. The zero-order valence-corrected chi connectivity index (χ0v) is 18.2. The summed E-state index contributed by atoms with van der Waals surface area (Å²) in [4.78, 5) is 12.0. The summed E-state index contributed by atoms with van der Waals surface area (Å²) < 4.78 is 16.4. The van der Waals surface area contributed by atoms with Gasteiger partial charge in [-0.25, -0.2) is 4.79 Å². The first-order valence-electron chi connectivity index (χ1n) is 9.00. The van der Waals surface area contributed by atoms with Crippen molar-refractivity contribution in [3.05, 3.63) is 69.7 Å². The van der Waals surface area contributed by atoms with Crippen LogP contribution < -0.4 is 14.2 Å². The molecular weight excluding hydrogens is 427 g/mol. The van der Waals surface area contributed by atoms with Crippen LogP contribution in [0.1, 0.15) is 16.7 Å². The zero-order valence-electron chi connectivity index (χ0n) is 16.7. The van der Waals surface area contributed by atoms with Crippen LogP contribution in [0, 0.1) is 0 Å². The van der Waals surface area contributed by atoms with E-state index in [0.29, 0.717) is 22.9 Å². The van der Waals surface area contributed by atoms with Crippen LogP contribution in [0.3, 0.4) is 0 Å². The molecule has 0 heterocycles. The summed E-state index contributed by atoms with van der Waals surface area (Å²) in [5, 5.41) is 11.1. The molecule has 0 spiro atoms. The molecule has 0 aromatic heterocycles. The van der Waals surface area contributed by atoms with Gasteiger partial charge in [-0.05, 0) is 22.9 Å². The Labute approximate surface area is 184 Å². The third-order valence-corrected chi connectivity index (χ3v) is 5.17. The summed E-state index contributed by atoms with van der Waals surface area (Å²) in [6.45, 7) is 0. The van der Waals surface area contributed by atoms with Crippen molar-refractivity contribution in [3.8, 4) is 17.2 Å². The third-order valence-electron chi connectivity index (χ3n) is 4.79. The summed E-state index contributed by atoms with van der Waals surface area (Å²) >= 11 is 12.0. The number of aliphatic carboxylic acids is 1. The summed E-state index contributed by atoms with van der Waals surface area (Å²) in [5.41, 5.74) is 1.96. The quantitative estimate of drug-likeness (QED) is 0.472. The van der Waals surface area contributed by atoms with Gasteiger partial charge in [-0.15, -0.1) is 0 Å². The molecule has 30 heavy (non-hydrogen) atoms. The lowest BCUT2D eigenvalue weighted by atomic mass is 9.91. The van der Waals surface area contributed by atoms with Gasteiger partial charge in [0.15, 0.2) is 11.5 Å². The number of ether oxygens (including phenoxy) is 3. The van der Waals surface area contributed by atoms with Gasteiger partial charge in [0.2, 0.25) is 5.75 Å².